The quantitative estimate of drug-likeness (QED) is 0.672. The van der Waals surface area contributed by atoms with Gasteiger partial charge >= 0.3 is 0 Å². The van der Waals surface area contributed by atoms with Gasteiger partial charge in [-0.3, -0.25) is 4.98 Å². The van der Waals surface area contributed by atoms with E-state index in [1.54, 1.807) is 20.4 Å². The molecular weight excluding hydrogens is 288 g/mol. The van der Waals surface area contributed by atoms with Gasteiger partial charge in [0.15, 0.2) is 5.58 Å². The van der Waals surface area contributed by atoms with Crippen LogP contribution in [0.2, 0.25) is 0 Å². The van der Waals surface area contributed by atoms with Crippen molar-refractivity contribution in [3.05, 3.63) is 42.2 Å². The number of hydrogen-bond acceptors (Lipinski definition) is 6. The van der Waals surface area contributed by atoms with Crippen LogP contribution in [-0.2, 0) is 5.75 Å². The van der Waals surface area contributed by atoms with Gasteiger partial charge in [0.2, 0.25) is 0 Å². The smallest absolute Gasteiger partial charge is 0.257 e. The molecule has 6 heteroatoms. The van der Waals surface area contributed by atoms with Gasteiger partial charge in [-0.15, -0.1) is 0 Å². The lowest BCUT2D eigenvalue weighted by Gasteiger charge is -2.01. The molecule has 2 heterocycles. The van der Waals surface area contributed by atoms with E-state index in [4.69, 9.17) is 13.9 Å². The van der Waals surface area contributed by atoms with Gasteiger partial charge in [-0.05, 0) is 18.2 Å². The van der Waals surface area contributed by atoms with Crippen LogP contribution in [0.15, 0.2) is 46.2 Å². The standard InChI is InChI=1S/C15H14N2O3S/c1-18-11-3-4-14-13(8-11)17-15(20-14)21-9-10-7-12(19-2)5-6-16-10/h3-8H,9H2,1-2H3. The number of hydrogen-bond donors (Lipinski definition) is 0. The lowest BCUT2D eigenvalue weighted by molar-refractivity contribution is 0.413. The minimum atomic E-state index is 0.614. The summed E-state index contributed by atoms with van der Waals surface area (Å²) < 4.78 is 16.0. The summed E-state index contributed by atoms with van der Waals surface area (Å²) in [6.07, 6.45) is 1.73. The van der Waals surface area contributed by atoms with Gasteiger partial charge in [0, 0.05) is 24.1 Å². The fraction of sp³-hybridized carbons (Fsp3) is 0.200. The summed E-state index contributed by atoms with van der Waals surface area (Å²) in [6.45, 7) is 0. The largest absolute Gasteiger partial charge is 0.497 e. The van der Waals surface area contributed by atoms with E-state index < -0.39 is 0 Å². The Morgan fingerprint density at radius 3 is 2.71 bits per heavy atom. The highest BCUT2D eigenvalue weighted by molar-refractivity contribution is 7.98. The summed E-state index contributed by atoms with van der Waals surface area (Å²) in [5.41, 5.74) is 2.45. The number of nitrogens with zero attached hydrogens (tertiary/aromatic N) is 2. The van der Waals surface area contributed by atoms with Crippen molar-refractivity contribution in [1.82, 2.24) is 9.97 Å². The van der Waals surface area contributed by atoms with Crippen LogP contribution in [0.25, 0.3) is 11.1 Å². The third-order valence-corrected chi connectivity index (χ3v) is 3.80. The van der Waals surface area contributed by atoms with E-state index in [1.807, 2.05) is 30.3 Å². The Labute approximate surface area is 126 Å². The molecule has 0 atom stereocenters. The van der Waals surface area contributed by atoms with Crippen LogP contribution in [0.3, 0.4) is 0 Å². The highest BCUT2D eigenvalue weighted by atomic mass is 32.2. The van der Waals surface area contributed by atoms with Crippen molar-refractivity contribution in [2.75, 3.05) is 14.2 Å². The molecule has 0 fully saturated rings. The van der Waals surface area contributed by atoms with Gasteiger partial charge < -0.3 is 13.9 Å². The van der Waals surface area contributed by atoms with Crippen LogP contribution in [0.1, 0.15) is 5.69 Å². The van der Waals surface area contributed by atoms with Crippen molar-refractivity contribution in [3.8, 4) is 11.5 Å². The van der Waals surface area contributed by atoms with E-state index in [0.29, 0.717) is 11.0 Å². The monoisotopic (exact) mass is 302 g/mol. The first-order valence-corrected chi connectivity index (χ1v) is 7.33. The van der Waals surface area contributed by atoms with Crippen LogP contribution >= 0.6 is 11.8 Å². The molecule has 0 aliphatic heterocycles. The number of thioether (sulfide) groups is 1. The van der Waals surface area contributed by atoms with Gasteiger partial charge in [-0.1, -0.05) is 11.8 Å². The summed E-state index contributed by atoms with van der Waals surface area (Å²) in [6, 6.07) is 9.28. The number of ether oxygens (including phenoxy) is 2. The van der Waals surface area contributed by atoms with E-state index in [1.165, 1.54) is 11.8 Å². The zero-order chi connectivity index (χ0) is 14.7. The Morgan fingerprint density at radius 2 is 1.90 bits per heavy atom. The zero-order valence-electron chi connectivity index (χ0n) is 11.7. The third kappa shape index (κ3) is 3.11. The van der Waals surface area contributed by atoms with Gasteiger partial charge in [-0.2, -0.15) is 0 Å². The maximum Gasteiger partial charge on any atom is 0.257 e. The first kappa shape index (κ1) is 13.8. The van der Waals surface area contributed by atoms with E-state index >= 15 is 0 Å². The molecule has 5 nitrogen and oxygen atoms in total. The summed E-state index contributed by atoms with van der Waals surface area (Å²) in [7, 11) is 3.27. The molecular formula is C15H14N2O3S. The minimum absolute atomic E-state index is 0.614. The average Bonchev–Trinajstić information content (AvgIpc) is 2.95. The molecule has 0 saturated carbocycles. The fourth-order valence-corrected chi connectivity index (χ4v) is 2.61. The summed E-state index contributed by atoms with van der Waals surface area (Å²) in [5.74, 6) is 2.23. The van der Waals surface area contributed by atoms with Crippen LogP contribution in [0.5, 0.6) is 11.5 Å². The lowest BCUT2D eigenvalue weighted by Crippen LogP contribution is -1.89. The molecule has 0 spiro atoms. The Balaban J connectivity index is 1.75. The molecule has 108 valence electrons. The lowest BCUT2D eigenvalue weighted by atomic mass is 10.3. The highest BCUT2D eigenvalue weighted by Crippen LogP contribution is 2.28. The summed E-state index contributed by atoms with van der Waals surface area (Å²) in [5, 5.41) is 0.614. The molecule has 0 bridgehead atoms. The highest BCUT2D eigenvalue weighted by Gasteiger charge is 2.08. The maximum atomic E-state index is 5.68. The molecule has 0 saturated heterocycles. The second-order valence-corrected chi connectivity index (χ2v) is 5.22. The van der Waals surface area contributed by atoms with Crippen molar-refractivity contribution < 1.29 is 13.9 Å². The van der Waals surface area contributed by atoms with Crippen LogP contribution < -0.4 is 9.47 Å². The maximum absolute atomic E-state index is 5.68. The predicted molar refractivity (Wildman–Crippen MR) is 80.9 cm³/mol. The topological polar surface area (TPSA) is 57.4 Å². The Bertz CT molecular complexity index is 758. The van der Waals surface area contributed by atoms with Crippen molar-refractivity contribution in [1.29, 1.82) is 0 Å². The summed E-state index contributed by atoms with van der Waals surface area (Å²) >= 11 is 1.50. The molecule has 0 aliphatic carbocycles. The SMILES string of the molecule is COc1ccnc(CSc2nc3cc(OC)ccc3o2)c1. The third-order valence-electron chi connectivity index (χ3n) is 2.94. The van der Waals surface area contributed by atoms with Crippen LogP contribution in [0, 0.1) is 0 Å². The molecule has 0 N–H and O–H groups in total. The second kappa shape index (κ2) is 6.05. The number of pyridine rings is 1. The van der Waals surface area contributed by atoms with Gasteiger partial charge in [0.25, 0.3) is 5.22 Å². The number of rotatable bonds is 5. The molecule has 0 radical (unpaired) electrons. The van der Waals surface area contributed by atoms with Gasteiger partial charge in [-0.25, -0.2) is 4.98 Å². The predicted octanol–water partition coefficient (Wildman–Crippen LogP) is 3.53. The van der Waals surface area contributed by atoms with Gasteiger partial charge in [0.1, 0.15) is 17.0 Å². The Hall–Kier alpha value is -2.21. The molecule has 3 rings (SSSR count). The molecule has 3 aromatic rings. The normalized spacial score (nSPS) is 10.8. The number of oxazole rings is 1. The molecule has 0 unspecified atom stereocenters. The van der Waals surface area contributed by atoms with Crippen LogP contribution in [0.4, 0.5) is 0 Å². The van der Waals surface area contributed by atoms with E-state index in [-0.39, 0.29) is 0 Å². The average molecular weight is 302 g/mol. The number of aromatic nitrogens is 2. The Kier molecular flexibility index (Phi) is 3.96. The van der Waals surface area contributed by atoms with Gasteiger partial charge in [0.05, 0.1) is 19.9 Å². The zero-order valence-corrected chi connectivity index (χ0v) is 12.5. The van der Waals surface area contributed by atoms with E-state index in [9.17, 15) is 0 Å². The van der Waals surface area contributed by atoms with E-state index in [2.05, 4.69) is 9.97 Å². The van der Waals surface area contributed by atoms with Crippen molar-refractivity contribution in [3.63, 3.8) is 0 Å². The van der Waals surface area contributed by atoms with Crippen LogP contribution in [-0.4, -0.2) is 24.2 Å². The molecule has 21 heavy (non-hydrogen) atoms. The van der Waals surface area contributed by atoms with E-state index in [0.717, 1.165) is 28.3 Å². The Morgan fingerprint density at radius 1 is 1.10 bits per heavy atom. The molecule has 0 aliphatic rings. The van der Waals surface area contributed by atoms with Crippen molar-refractivity contribution >= 4 is 22.9 Å². The molecule has 0 amide bonds. The second-order valence-electron chi connectivity index (χ2n) is 4.29. The molecule has 1 aromatic carbocycles. The van der Waals surface area contributed by atoms with Crippen molar-refractivity contribution in [2.45, 2.75) is 11.0 Å². The number of methoxy groups -OCH3 is 2. The first-order chi connectivity index (χ1) is 10.3. The van der Waals surface area contributed by atoms with Crippen molar-refractivity contribution in [2.24, 2.45) is 0 Å². The number of benzene rings is 1. The number of fused-ring (bicyclic) bond motifs is 1. The fourth-order valence-electron chi connectivity index (χ4n) is 1.87. The minimum Gasteiger partial charge on any atom is -0.497 e. The summed E-state index contributed by atoms with van der Waals surface area (Å²) in [4.78, 5) is 8.73. The first-order valence-electron chi connectivity index (χ1n) is 6.35. The molecule has 2 aromatic heterocycles.